The van der Waals surface area contributed by atoms with Crippen LogP contribution >= 0.6 is 0 Å². The molecular weight excluding hydrogens is 266 g/mol. The number of aromatic nitrogens is 1. The SMILES string of the molecule is CC1(C)CNCCN1c1nccc2cc3c(cc12)OCO3. The van der Waals surface area contributed by atoms with Gasteiger partial charge in [0.1, 0.15) is 5.82 Å². The van der Waals surface area contributed by atoms with E-state index in [0.717, 1.165) is 47.7 Å². The molecular formula is C16H19N3O2. The first-order valence-electron chi connectivity index (χ1n) is 7.32. The Bertz CT molecular complexity index is 699. The summed E-state index contributed by atoms with van der Waals surface area (Å²) < 4.78 is 11.0. The summed E-state index contributed by atoms with van der Waals surface area (Å²) in [6.45, 7) is 7.67. The number of nitrogens with zero attached hydrogens (tertiary/aromatic N) is 2. The van der Waals surface area contributed by atoms with E-state index in [4.69, 9.17) is 9.47 Å². The van der Waals surface area contributed by atoms with Crippen molar-refractivity contribution in [1.82, 2.24) is 10.3 Å². The molecule has 1 N–H and O–H groups in total. The first-order chi connectivity index (χ1) is 10.1. The molecule has 1 saturated heterocycles. The van der Waals surface area contributed by atoms with Gasteiger partial charge in [-0.1, -0.05) is 0 Å². The number of anilines is 1. The maximum atomic E-state index is 5.52. The van der Waals surface area contributed by atoms with E-state index in [0.29, 0.717) is 6.79 Å². The number of rotatable bonds is 1. The molecule has 2 aliphatic rings. The van der Waals surface area contributed by atoms with Crippen LogP contribution in [0.4, 0.5) is 5.82 Å². The normalized spacial score (nSPS) is 20.0. The Hall–Kier alpha value is -2.01. The second-order valence-corrected chi connectivity index (χ2v) is 6.20. The molecule has 0 bridgehead atoms. The first kappa shape index (κ1) is 12.7. The minimum absolute atomic E-state index is 0.0376. The smallest absolute Gasteiger partial charge is 0.231 e. The third-order valence-electron chi connectivity index (χ3n) is 4.29. The van der Waals surface area contributed by atoms with Crippen molar-refractivity contribution in [2.75, 3.05) is 31.3 Å². The van der Waals surface area contributed by atoms with Crippen LogP contribution in [0.5, 0.6) is 11.5 Å². The van der Waals surface area contributed by atoms with Gasteiger partial charge in [-0.15, -0.1) is 0 Å². The summed E-state index contributed by atoms with van der Waals surface area (Å²) in [6, 6.07) is 6.12. The zero-order chi connectivity index (χ0) is 14.4. The molecule has 0 aliphatic carbocycles. The van der Waals surface area contributed by atoms with Gasteiger partial charge in [0, 0.05) is 36.8 Å². The van der Waals surface area contributed by atoms with Crippen molar-refractivity contribution in [1.29, 1.82) is 0 Å². The second kappa shape index (κ2) is 4.49. The van der Waals surface area contributed by atoms with Gasteiger partial charge in [0.05, 0.1) is 0 Å². The number of benzene rings is 1. The van der Waals surface area contributed by atoms with Gasteiger partial charge in [0.2, 0.25) is 6.79 Å². The number of hydrogen-bond donors (Lipinski definition) is 1. The Balaban J connectivity index is 1.88. The van der Waals surface area contributed by atoms with Crippen LogP contribution in [0.3, 0.4) is 0 Å². The molecule has 0 atom stereocenters. The molecule has 3 heterocycles. The summed E-state index contributed by atoms with van der Waals surface area (Å²) >= 11 is 0. The highest BCUT2D eigenvalue weighted by Gasteiger charge is 2.31. The minimum Gasteiger partial charge on any atom is -0.454 e. The highest BCUT2D eigenvalue weighted by Crippen LogP contribution is 2.39. The van der Waals surface area contributed by atoms with Gasteiger partial charge in [-0.25, -0.2) is 4.98 Å². The lowest BCUT2D eigenvalue weighted by Gasteiger charge is -2.44. The number of pyridine rings is 1. The Morgan fingerprint density at radius 3 is 2.86 bits per heavy atom. The highest BCUT2D eigenvalue weighted by atomic mass is 16.7. The maximum absolute atomic E-state index is 5.52. The van der Waals surface area contributed by atoms with Crippen molar-refractivity contribution in [2.45, 2.75) is 19.4 Å². The fourth-order valence-electron chi connectivity index (χ4n) is 3.14. The minimum atomic E-state index is 0.0376. The molecule has 5 nitrogen and oxygen atoms in total. The van der Waals surface area contributed by atoms with Crippen LogP contribution < -0.4 is 19.7 Å². The monoisotopic (exact) mass is 285 g/mol. The Labute approximate surface area is 123 Å². The molecule has 2 aromatic rings. The molecule has 5 heteroatoms. The van der Waals surface area contributed by atoms with Crippen molar-refractivity contribution >= 4 is 16.6 Å². The molecule has 1 aromatic carbocycles. The number of piperazine rings is 1. The van der Waals surface area contributed by atoms with Crippen molar-refractivity contribution in [3.63, 3.8) is 0 Å². The van der Waals surface area contributed by atoms with E-state index in [1.54, 1.807) is 0 Å². The van der Waals surface area contributed by atoms with Crippen molar-refractivity contribution in [3.05, 3.63) is 24.4 Å². The average Bonchev–Trinajstić information content (AvgIpc) is 2.91. The van der Waals surface area contributed by atoms with Crippen LogP contribution in [-0.2, 0) is 0 Å². The van der Waals surface area contributed by atoms with E-state index in [9.17, 15) is 0 Å². The van der Waals surface area contributed by atoms with Crippen LogP contribution in [0.1, 0.15) is 13.8 Å². The van der Waals surface area contributed by atoms with E-state index < -0.39 is 0 Å². The van der Waals surface area contributed by atoms with Crippen LogP contribution in [0.15, 0.2) is 24.4 Å². The number of fused-ring (bicyclic) bond motifs is 2. The molecule has 2 aliphatic heterocycles. The van der Waals surface area contributed by atoms with Gasteiger partial charge in [0.25, 0.3) is 0 Å². The molecule has 1 fully saturated rings. The fraction of sp³-hybridized carbons (Fsp3) is 0.438. The van der Waals surface area contributed by atoms with Crippen LogP contribution in [0.25, 0.3) is 10.8 Å². The predicted octanol–water partition coefficient (Wildman–Crippen LogP) is 2.15. The topological polar surface area (TPSA) is 46.6 Å². The number of hydrogen-bond acceptors (Lipinski definition) is 5. The molecule has 110 valence electrons. The fourth-order valence-corrected chi connectivity index (χ4v) is 3.14. The lowest BCUT2D eigenvalue weighted by Crippen LogP contribution is -2.58. The van der Waals surface area contributed by atoms with Gasteiger partial charge in [-0.05, 0) is 37.4 Å². The first-order valence-corrected chi connectivity index (χ1v) is 7.32. The van der Waals surface area contributed by atoms with Crippen molar-refractivity contribution < 1.29 is 9.47 Å². The van der Waals surface area contributed by atoms with E-state index in [-0.39, 0.29) is 5.54 Å². The molecule has 4 rings (SSSR count). The summed E-state index contributed by atoms with van der Waals surface area (Å²) in [6.07, 6.45) is 1.87. The van der Waals surface area contributed by atoms with Gasteiger partial charge < -0.3 is 19.7 Å². The molecule has 0 radical (unpaired) electrons. The molecule has 1 aromatic heterocycles. The van der Waals surface area contributed by atoms with Gasteiger partial charge in [-0.3, -0.25) is 0 Å². The van der Waals surface area contributed by atoms with Crippen molar-refractivity contribution in [3.8, 4) is 11.5 Å². The lowest BCUT2D eigenvalue weighted by atomic mass is 9.99. The van der Waals surface area contributed by atoms with E-state index >= 15 is 0 Å². The molecule has 21 heavy (non-hydrogen) atoms. The van der Waals surface area contributed by atoms with E-state index in [2.05, 4.69) is 35.1 Å². The Morgan fingerprint density at radius 2 is 2.05 bits per heavy atom. The van der Waals surface area contributed by atoms with Gasteiger partial charge in [0.15, 0.2) is 11.5 Å². The zero-order valence-corrected chi connectivity index (χ0v) is 12.3. The summed E-state index contributed by atoms with van der Waals surface area (Å²) in [5.41, 5.74) is 0.0376. The molecule has 0 saturated carbocycles. The standard InChI is InChI=1S/C16H19N3O2/c1-16(2)9-17-5-6-19(16)15-12-8-14-13(20-10-21-14)7-11(12)3-4-18-15/h3-4,7-8,17H,5-6,9-10H2,1-2H3. The third-order valence-corrected chi connectivity index (χ3v) is 4.29. The number of ether oxygens (including phenoxy) is 2. The molecule has 0 amide bonds. The summed E-state index contributed by atoms with van der Waals surface area (Å²) in [4.78, 5) is 7.04. The highest BCUT2D eigenvalue weighted by molar-refractivity contribution is 5.95. The Morgan fingerprint density at radius 1 is 1.24 bits per heavy atom. The Kier molecular flexibility index (Phi) is 2.72. The summed E-state index contributed by atoms with van der Waals surface area (Å²) in [5, 5.41) is 5.71. The number of nitrogens with one attached hydrogen (secondary N) is 1. The maximum Gasteiger partial charge on any atom is 0.231 e. The zero-order valence-electron chi connectivity index (χ0n) is 12.3. The predicted molar refractivity (Wildman–Crippen MR) is 82.2 cm³/mol. The summed E-state index contributed by atoms with van der Waals surface area (Å²) in [5.74, 6) is 2.65. The van der Waals surface area contributed by atoms with Crippen LogP contribution in [0.2, 0.25) is 0 Å². The van der Waals surface area contributed by atoms with E-state index in [1.807, 2.05) is 18.3 Å². The van der Waals surface area contributed by atoms with Crippen LogP contribution in [0, 0.1) is 0 Å². The lowest BCUT2D eigenvalue weighted by molar-refractivity contribution is 0.174. The quantitative estimate of drug-likeness (QED) is 0.870. The third kappa shape index (κ3) is 2.00. The summed E-state index contributed by atoms with van der Waals surface area (Å²) in [7, 11) is 0. The van der Waals surface area contributed by atoms with Crippen LogP contribution in [-0.4, -0.2) is 37.0 Å². The second-order valence-electron chi connectivity index (χ2n) is 6.20. The van der Waals surface area contributed by atoms with Crippen molar-refractivity contribution in [2.24, 2.45) is 0 Å². The molecule has 0 spiro atoms. The largest absolute Gasteiger partial charge is 0.454 e. The van der Waals surface area contributed by atoms with Gasteiger partial charge in [-0.2, -0.15) is 0 Å². The molecule has 0 unspecified atom stereocenters. The average molecular weight is 285 g/mol. The van der Waals surface area contributed by atoms with Gasteiger partial charge >= 0.3 is 0 Å². The van der Waals surface area contributed by atoms with E-state index in [1.165, 1.54) is 0 Å².